The van der Waals surface area contributed by atoms with Gasteiger partial charge in [-0.25, -0.2) is 4.39 Å². The van der Waals surface area contributed by atoms with Gasteiger partial charge in [-0.1, -0.05) is 18.2 Å². The topological polar surface area (TPSA) is 51.0 Å². The number of hydrogen-bond acceptors (Lipinski definition) is 4. The van der Waals surface area contributed by atoms with Crippen molar-refractivity contribution in [2.75, 3.05) is 0 Å². The number of rotatable bonds is 4. The van der Waals surface area contributed by atoms with E-state index in [1.54, 1.807) is 19.1 Å². The minimum absolute atomic E-state index is 0.108. The van der Waals surface area contributed by atoms with Gasteiger partial charge in [-0.2, -0.15) is 0 Å². The van der Waals surface area contributed by atoms with Crippen molar-refractivity contribution in [2.24, 2.45) is 0 Å². The highest BCUT2D eigenvalue weighted by Gasteiger charge is 2.11. The molecule has 2 aromatic rings. The van der Waals surface area contributed by atoms with E-state index >= 15 is 0 Å². The summed E-state index contributed by atoms with van der Waals surface area (Å²) in [4.78, 5) is 0. The van der Waals surface area contributed by atoms with Gasteiger partial charge >= 0.3 is 0 Å². The van der Waals surface area contributed by atoms with Crippen LogP contribution in [-0.4, -0.2) is 10.2 Å². The van der Waals surface area contributed by atoms with E-state index < -0.39 is 0 Å². The summed E-state index contributed by atoms with van der Waals surface area (Å²) in [7, 11) is 0. The van der Waals surface area contributed by atoms with Crippen LogP contribution in [0.15, 0.2) is 28.7 Å². The van der Waals surface area contributed by atoms with E-state index in [9.17, 15) is 4.39 Å². The Hall–Kier alpha value is -1.75. The summed E-state index contributed by atoms with van der Waals surface area (Å²) in [6.07, 6.45) is 0. The summed E-state index contributed by atoms with van der Waals surface area (Å²) in [5.41, 5.74) is 0.628. The molecule has 0 aliphatic heterocycles. The molecule has 0 saturated carbocycles. The number of aromatic nitrogens is 2. The Labute approximate surface area is 98.9 Å². The Morgan fingerprint density at radius 1 is 1.35 bits per heavy atom. The van der Waals surface area contributed by atoms with Crippen molar-refractivity contribution in [3.8, 4) is 0 Å². The van der Waals surface area contributed by atoms with Gasteiger partial charge in [-0.15, -0.1) is 10.2 Å². The van der Waals surface area contributed by atoms with Gasteiger partial charge in [0, 0.05) is 18.5 Å². The molecule has 1 unspecified atom stereocenters. The Morgan fingerprint density at radius 3 is 2.76 bits per heavy atom. The number of nitrogens with zero attached hydrogens (tertiary/aromatic N) is 2. The van der Waals surface area contributed by atoms with E-state index in [-0.39, 0.29) is 11.9 Å². The van der Waals surface area contributed by atoms with Gasteiger partial charge in [0.2, 0.25) is 11.8 Å². The van der Waals surface area contributed by atoms with E-state index in [0.717, 1.165) is 0 Å². The maximum Gasteiger partial charge on any atom is 0.230 e. The summed E-state index contributed by atoms with van der Waals surface area (Å²) < 4.78 is 18.7. The third kappa shape index (κ3) is 2.88. The number of nitrogens with one attached hydrogen (secondary N) is 1. The Bertz CT molecular complexity index is 498. The van der Waals surface area contributed by atoms with Gasteiger partial charge in [-0.3, -0.25) is 0 Å². The molecule has 4 nitrogen and oxygen atoms in total. The quantitative estimate of drug-likeness (QED) is 0.883. The molecule has 5 heteroatoms. The summed E-state index contributed by atoms with van der Waals surface area (Å²) in [6, 6.07) is 6.58. The zero-order chi connectivity index (χ0) is 12.3. The number of hydrogen-bond donors (Lipinski definition) is 1. The van der Waals surface area contributed by atoms with Crippen molar-refractivity contribution in [3.63, 3.8) is 0 Å². The molecule has 0 amide bonds. The zero-order valence-electron chi connectivity index (χ0n) is 9.77. The van der Waals surface area contributed by atoms with Crippen molar-refractivity contribution < 1.29 is 8.81 Å². The highest BCUT2D eigenvalue weighted by molar-refractivity contribution is 5.20. The standard InChI is InChI=1S/C12H14FN3O/c1-8(10-5-3-4-6-11(10)13)14-7-12-16-15-9(2)17-12/h3-6,8,14H,7H2,1-2H3. The number of halogens is 1. The van der Waals surface area contributed by atoms with Gasteiger partial charge < -0.3 is 9.73 Å². The molecule has 2 rings (SSSR count). The van der Waals surface area contributed by atoms with Crippen LogP contribution in [0, 0.1) is 12.7 Å². The van der Waals surface area contributed by atoms with Crippen LogP contribution < -0.4 is 5.32 Å². The molecular weight excluding hydrogens is 221 g/mol. The SMILES string of the molecule is Cc1nnc(CNC(C)c2ccccc2F)o1. The molecule has 90 valence electrons. The van der Waals surface area contributed by atoms with Crippen molar-refractivity contribution in [1.82, 2.24) is 15.5 Å². The Balaban J connectivity index is 1.98. The second kappa shape index (κ2) is 5.05. The van der Waals surface area contributed by atoms with Crippen molar-refractivity contribution in [1.29, 1.82) is 0 Å². The fourth-order valence-corrected chi connectivity index (χ4v) is 1.59. The molecule has 0 fully saturated rings. The van der Waals surface area contributed by atoms with Crippen LogP contribution in [0.1, 0.15) is 30.3 Å². The third-order valence-corrected chi connectivity index (χ3v) is 2.50. The second-order valence-electron chi connectivity index (χ2n) is 3.84. The van der Waals surface area contributed by atoms with Crippen LogP contribution in [0.5, 0.6) is 0 Å². The van der Waals surface area contributed by atoms with Crippen LogP contribution in [0.2, 0.25) is 0 Å². The minimum Gasteiger partial charge on any atom is -0.424 e. The monoisotopic (exact) mass is 235 g/mol. The first kappa shape index (κ1) is 11.7. The van der Waals surface area contributed by atoms with Gasteiger partial charge in [0.25, 0.3) is 0 Å². The first-order valence-electron chi connectivity index (χ1n) is 5.43. The van der Waals surface area contributed by atoms with E-state index in [1.807, 2.05) is 13.0 Å². The first-order valence-corrected chi connectivity index (χ1v) is 5.43. The van der Waals surface area contributed by atoms with Crippen molar-refractivity contribution >= 4 is 0 Å². The highest BCUT2D eigenvalue weighted by atomic mass is 19.1. The first-order chi connectivity index (χ1) is 8.16. The molecule has 1 N–H and O–H groups in total. The van der Waals surface area contributed by atoms with Crippen LogP contribution in [-0.2, 0) is 6.54 Å². The van der Waals surface area contributed by atoms with Crippen molar-refractivity contribution in [3.05, 3.63) is 47.4 Å². The molecule has 1 atom stereocenters. The van der Waals surface area contributed by atoms with Crippen LogP contribution in [0.3, 0.4) is 0 Å². The Morgan fingerprint density at radius 2 is 2.12 bits per heavy atom. The molecule has 0 radical (unpaired) electrons. The molecule has 0 aliphatic rings. The summed E-state index contributed by atoms with van der Waals surface area (Å²) >= 11 is 0. The fraction of sp³-hybridized carbons (Fsp3) is 0.333. The molecule has 0 bridgehead atoms. The van der Waals surface area contributed by atoms with Crippen LogP contribution >= 0.6 is 0 Å². The predicted molar refractivity (Wildman–Crippen MR) is 60.7 cm³/mol. The van der Waals surface area contributed by atoms with Gasteiger partial charge in [0.1, 0.15) is 5.82 Å². The van der Waals surface area contributed by atoms with Crippen LogP contribution in [0.4, 0.5) is 4.39 Å². The summed E-state index contributed by atoms with van der Waals surface area (Å²) in [5.74, 6) is 0.820. The highest BCUT2D eigenvalue weighted by Crippen LogP contribution is 2.16. The average Bonchev–Trinajstić information content (AvgIpc) is 2.73. The lowest BCUT2D eigenvalue weighted by Gasteiger charge is -2.13. The lowest BCUT2D eigenvalue weighted by Crippen LogP contribution is -2.19. The molecule has 0 aliphatic carbocycles. The lowest BCUT2D eigenvalue weighted by molar-refractivity contribution is 0.426. The third-order valence-electron chi connectivity index (χ3n) is 2.50. The van der Waals surface area contributed by atoms with Crippen molar-refractivity contribution in [2.45, 2.75) is 26.4 Å². The maximum absolute atomic E-state index is 13.5. The largest absolute Gasteiger partial charge is 0.424 e. The van der Waals surface area contributed by atoms with E-state index in [0.29, 0.717) is 23.9 Å². The summed E-state index contributed by atoms with van der Waals surface area (Å²) in [5, 5.41) is 10.7. The zero-order valence-corrected chi connectivity index (χ0v) is 9.77. The van der Waals surface area contributed by atoms with Gasteiger partial charge in [0.05, 0.1) is 6.54 Å². The Kier molecular flexibility index (Phi) is 3.49. The normalized spacial score (nSPS) is 12.6. The average molecular weight is 235 g/mol. The van der Waals surface area contributed by atoms with E-state index in [1.165, 1.54) is 6.07 Å². The molecule has 1 aromatic heterocycles. The van der Waals surface area contributed by atoms with Crippen LogP contribution in [0.25, 0.3) is 0 Å². The van der Waals surface area contributed by atoms with E-state index in [4.69, 9.17) is 4.42 Å². The smallest absolute Gasteiger partial charge is 0.230 e. The summed E-state index contributed by atoms with van der Waals surface area (Å²) in [6.45, 7) is 4.05. The van der Waals surface area contributed by atoms with Gasteiger partial charge in [-0.05, 0) is 13.0 Å². The van der Waals surface area contributed by atoms with Gasteiger partial charge in [0.15, 0.2) is 0 Å². The molecule has 1 heterocycles. The molecule has 0 spiro atoms. The molecular formula is C12H14FN3O. The molecule has 0 saturated heterocycles. The fourth-order valence-electron chi connectivity index (χ4n) is 1.59. The predicted octanol–water partition coefficient (Wildman–Crippen LogP) is 2.37. The second-order valence-corrected chi connectivity index (χ2v) is 3.84. The number of benzene rings is 1. The number of aryl methyl sites for hydroxylation is 1. The molecule has 1 aromatic carbocycles. The van der Waals surface area contributed by atoms with E-state index in [2.05, 4.69) is 15.5 Å². The maximum atomic E-state index is 13.5. The molecule has 17 heavy (non-hydrogen) atoms. The minimum atomic E-state index is -0.214. The lowest BCUT2D eigenvalue weighted by atomic mass is 10.1.